The van der Waals surface area contributed by atoms with Gasteiger partial charge in [-0.15, -0.1) is 0 Å². The Labute approximate surface area is 77.0 Å². The molecule has 70 valence electrons. The number of nitrogens with one attached hydrogen (secondary N) is 1. The number of fused-ring (bicyclic) bond motifs is 1. The third-order valence-electron chi connectivity index (χ3n) is 2.42. The van der Waals surface area contributed by atoms with Crippen LogP contribution in [0.4, 0.5) is 0 Å². The Morgan fingerprint density at radius 3 is 3.23 bits per heavy atom. The minimum atomic E-state index is 0.0906. The summed E-state index contributed by atoms with van der Waals surface area (Å²) in [4.78, 5) is 15.4. The van der Waals surface area contributed by atoms with Gasteiger partial charge in [0.05, 0.1) is 12.2 Å². The molecule has 1 aromatic rings. The molecule has 0 radical (unpaired) electrons. The SMILES string of the molecule is CC(=O)c1cnc2n1CCNC2C. The van der Waals surface area contributed by atoms with Crippen LogP contribution >= 0.6 is 0 Å². The molecule has 1 atom stereocenters. The van der Waals surface area contributed by atoms with Gasteiger partial charge >= 0.3 is 0 Å². The van der Waals surface area contributed by atoms with Gasteiger partial charge in [-0.3, -0.25) is 4.79 Å². The van der Waals surface area contributed by atoms with E-state index in [9.17, 15) is 4.79 Å². The maximum atomic E-state index is 11.2. The van der Waals surface area contributed by atoms with E-state index in [4.69, 9.17) is 0 Å². The second-order valence-electron chi connectivity index (χ2n) is 3.39. The number of hydrogen-bond donors (Lipinski definition) is 1. The first kappa shape index (κ1) is 8.44. The summed E-state index contributed by atoms with van der Waals surface area (Å²) in [6, 6.07) is 0.252. The molecule has 1 N–H and O–H groups in total. The van der Waals surface area contributed by atoms with Crippen LogP contribution in [0, 0.1) is 0 Å². The predicted molar refractivity (Wildman–Crippen MR) is 48.6 cm³/mol. The van der Waals surface area contributed by atoms with Crippen molar-refractivity contribution in [3.05, 3.63) is 17.7 Å². The van der Waals surface area contributed by atoms with Crippen molar-refractivity contribution in [1.29, 1.82) is 0 Å². The zero-order chi connectivity index (χ0) is 9.42. The Morgan fingerprint density at radius 2 is 2.54 bits per heavy atom. The number of Topliss-reactive ketones (excluding diaryl/α,β-unsaturated/α-hetero) is 1. The van der Waals surface area contributed by atoms with Gasteiger partial charge in [0, 0.05) is 20.0 Å². The summed E-state index contributed by atoms with van der Waals surface area (Å²) in [6.07, 6.45) is 1.67. The standard InChI is InChI=1S/C9H13N3O/c1-6-9-11-5-8(7(2)13)12(9)4-3-10-6/h5-6,10H,3-4H2,1-2H3. The highest BCUT2D eigenvalue weighted by Crippen LogP contribution is 2.17. The molecule has 13 heavy (non-hydrogen) atoms. The minimum Gasteiger partial charge on any atom is -0.323 e. The number of ketones is 1. The molecular weight excluding hydrogens is 166 g/mol. The average molecular weight is 179 g/mol. The number of nitrogens with zero attached hydrogens (tertiary/aromatic N) is 2. The highest BCUT2D eigenvalue weighted by molar-refractivity contribution is 5.92. The predicted octanol–water partition coefficient (Wildman–Crippen LogP) is 0.750. The Balaban J connectivity index is 2.47. The highest BCUT2D eigenvalue weighted by Gasteiger charge is 2.20. The average Bonchev–Trinajstić information content (AvgIpc) is 2.48. The summed E-state index contributed by atoms with van der Waals surface area (Å²) >= 11 is 0. The first-order valence-electron chi connectivity index (χ1n) is 4.50. The van der Waals surface area contributed by atoms with Crippen molar-refractivity contribution in [2.75, 3.05) is 6.54 Å². The highest BCUT2D eigenvalue weighted by atomic mass is 16.1. The van der Waals surface area contributed by atoms with Gasteiger partial charge in [-0.2, -0.15) is 0 Å². The van der Waals surface area contributed by atoms with Crippen LogP contribution in [0.3, 0.4) is 0 Å². The molecule has 0 bridgehead atoms. The summed E-state index contributed by atoms with van der Waals surface area (Å²) in [7, 11) is 0. The van der Waals surface area contributed by atoms with E-state index in [2.05, 4.69) is 17.2 Å². The molecule has 2 heterocycles. The molecule has 4 nitrogen and oxygen atoms in total. The minimum absolute atomic E-state index is 0.0906. The number of imidazole rings is 1. The number of carbonyl (C=O) groups excluding carboxylic acids is 1. The van der Waals surface area contributed by atoms with Crippen molar-refractivity contribution in [1.82, 2.24) is 14.9 Å². The van der Waals surface area contributed by atoms with Crippen LogP contribution in [0.25, 0.3) is 0 Å². The third kappa shape index (κ3) is 1.27. The molecule has 1 unspecified atom stereocenters. The van der Waals surface area contributed by atoms with Crippen LogP contribution in [-0.4, -0.2) is 21.9 Å². The fourth-order valence-electron chi connectivity index (χ4n) is 1.74. The van der Waals surface area contributed by atoms with E-state index in [1.54, 1.807) is 13.1 Å². The molecular formula is C9H13N3O. The Hall–Kier alpha value is -1.16. The first-order valence-corrected chi connectivity index (χ1v) is 4.50. The first-order chi connectivity index (χ1) is 6.20. The summed E-state index contributed by atoms with van der Waals surface area (Å²) in [5.41, 5.74) is 0.725. The van der Waals surface area contributed by atoms with E-state index in [-0.39, 0.29) is 11.8 Å². The van der Waals surface area contributed by atoms with E-state index in [1.807, 2.05) is 4.57 Å². The summed E-state index contributed by atoms with van der Waals surface area (Å²) < 4.78 is 2.00. The van der Waals surface area contributed by atoms with E-state index in [0.29, 0.717) is 0 Å². The lowest BCUT2D eigenvalue weighted by molar-refractivity contribution is 0.100. The van der Waals surface area contributed by atoms with Gasteiger partial charge in [0.15, 0.2) is 5.78 Å². The van der Waals surface area contributed by atoms with Gasteiger partial charge in [-0.25, -0.2) is 4.98 Å². The van der Waals surface area contributed by atoms with Gasteiger partial charge < -0.3 is 9.88 Å². The molecule has 2 rings (SSSR count). The van der Waals surface area contributed by atoms with Gasteiger partial charge in [-0.1, -0.05) is 0 Å². The second kappa shape index (κ2) is 2.96. The Kier molecular flexibility index (Phi) is 1.92. The van der Waals surface area contributed by atoms with Crippen LogP contribution in [0.5, 0.6) is 0 Å². The van der Waals surface area contributed by atoms with Crippen molar-refractivity contribution >= 4 is 5.78 Å². The zero-order valence-electron chi connectivity index (χ0n) is 7.87. The van der Waals surface area contributed by atoms with E-state index < -0.39 is 0 Å². The van der Waals surface area contributed by atoms with Crippen LogP contribution in [0.1, 0.15) is 36.2 Å². The third-order valence-corrected chi connectivity index (χ3v) is 2.42. The van der Waals surface area contributed by atoms with Gasteiger partial charge in [0.1, 0.15) is 11.5 Å². The van der Waals surface area contributed by atoms with Gasteiger partial charge in [-0.05, 0) is 6.92 Å². The molecule has 1 aliphatic heterocycles. The molecule has 0 aromatic carbocycles. The fraction of sp³-hybridized carbons (Fsp3) is 0.556. The molecule has 4 heteroatoms. The normalized spacial score (nSPS) is 21.2. The smallest absolute Gasteiger partial charge is 0.177 e. The lowest BCUT2D eigenvalue weighted by Crippen LogP contribution is -2.33. The van der Waals surface area contributed by atoms with Crippen LogP contribution < -0.4 is 5.32 Å². The molecule has 1 aromatic heterocycles. The van der Waals surface area contributed by atoms with Crippen molar-refractivity contribution in [2.24, 2.45) is 0 Å². The Bertz CT molecular complexity index is 343. The Morgan fingerprint density at radius 1 is 1.77 bits per heavy atom. The largest absolute Gasteiger partial charge is 0.323 e. The van der Waals surface area contributed by atoms with E-state index in [1.165, 1.54) is 0 Å². The van der Waals surface area contributed by atoms with E-state index in [0.717, 1.165) is 24.6 Å². The van der Waals surface area contributed by atoms with Crippen LogP contribution in [-0.2, 0) is 6.54 Å². The lowest BCUT2D eigenvalue weighted by atomic mass is 10.2. The molecule has 1 aliphatic rings. The number of aromatic nitrogens is 2. The maximum absolute atomic E-state index is 11.2. The van der Waals surface area contributed by atoms with Gasteiger partial charge in [0.25, 0.3) is 0 Å². The van der Waals surface area contributed by atoms with Crippen molar-refractivity contribution in [3.63, 3.8) is 0 Å². The summed E-state index contributed by atoms with van der Waals surface area (Å²) in [5.74, 6) is 1.06. The van der Waals surface area contributed by atoms with Crippen molar-refractivity contribution in [2.45, 2.75) is 26.4 Å². The number of rotatable bonds is 1. The quantitative estimate of drug-likeness (QED) is 0.647. The summed E-state index contributed by atoms with van der Waals surface area (Å²) in [6.45, 7) is 5.39. The lowest BCUT2D eigenvalue weighted by Gasteiger charge is -2.22. The maximum Gasteiger partial charge on any atom is 0.177 e. The second-order valence-corrected chi connectivity index (χ2v) is 3.39. The van der Waals surface area contributed by atoms with Gasteiger partial charge in [0.2, 0.25) is 0 Å². The molecule has 0 saturated heterocycles. The molecule has 0 amide bonds. The number of carbonyl (C=O) groups is 1. The molecule has 0 fully saturated rings. The zero-order valence-corrected chi connectivity index (χ0v) is 7.87. The molecule has 0 spiro atoms. The van der Waals surface area contributed by atoms with Crippen molar-refractivity contribution < 1.29 is 4.79 Å². The molecule has 0 saturated carbocycles. The van der Waals surface area contributed by atoms with Crippen LogP contribution in [0.15, 0.2) is 6.20 Å². The molecule has 0 aliphatic carbocycles. The topological polar surface area (TPSA) is 46.9 Å². The summed E-state index contributed by atoms with van der Waals surface area (Å²) in [5, 5.41) is 3.30. The van der Waals surface area contributed by atoms with Crippen LogP contribution in [0.2, 0.25) is 0 Å². The van der Waals surface area contributed by atoms with E-state index >= 15 is 0 Å². The monoisotopic (exact) mass is 179 g/mol. The van der Waals surface area contributed by atoms with Crippen molar-refractivity contribution in [3.8, 4) is 0 Å². The number of hydrogen-bond acceptors (Lipinski definition) is 3. The fourth-order valence-corrected chi connectivity index (χ4v) is 1.74.